The normalized spacial score (nSPS) is 19.6. The number of oxime groups is 1. The molecule has 1 amide bonds. The van der Waals surface area contributed by atoms with Crippen LogP contribution in [-0.4, -0.2) is 42.3 Å². The maximum absolute atomic E-state index is 12.9. The van der Waals surface area contributed by atoms with Gasteiger partial charge in [0.2, 0.25) is 0 Å². The van der Waals surface area contributed by atoms with Crippen molar-refractivity contribution in [2.45, 2.75) is 58.8 Å². The van der Waals surface area contributed by atoms with E-state index in [-0.39, 0.29) is 42.0 Å². The highest BCUT2D eigenvalue weighted by atomic mass is 16.6. The number of carbonyl (C=O) groups excluding carboxylic acids is 2. The number of carbonyl (C=O) groups is 2. The van der Waals surface area contributed by atoms with E-state index in [1.165, 1.54) is 0 Å². The van der Waals surface area contributed by atoms with Crippen molar-refractivity contribution >= 4 is 23.1 Å². The minimum Gasteiger partial charge on any atom is -0.511 e. The van der Waals surface area contributed by atoms with Crippen LogP contribution < -0.4 is 9.64 Å². The van der Waals surface area contributed by atoms with Crippen molar-refractivity contribution in [2.24, 2.45) is 5.16 Å². The summed E-state index contributed by atoms with van der Waals surface area (Å²) in [5, 5.41) is 14.7. The van der Waals surface area contributed by atoms with E-state index in [2.05, 4.69) is 12.1 Å². The highest BCUT2D eigenvalue weighted by molar-refractivity contribution is 6.23. The summed E-state index contributed by atoms with van der Waals surface area (Å²) in [6, 6.07) is 5.69. The molecule has 1 unspecified atom stereocenters. The number of aliphatic hydroxyl groups excluding tert-OH is 1. The summed E-state index contributed by atoms with van der Waals surface area (Å²) in [5.41, 5.74) is 2.41. The van der Waals surface area contributed by atoms with Gasteiger partial charge in [0, 0.05) is 19.4 Å². The lowest BCUT2D eigenvalue weighted by molar-refractivity contribution is -0.121. The third kappa shape index (κ3) is 4.50. The maximum Gasteiger partial charge on any atom is 0.265 e. The van der Waals surface area contributed by atoms with Gasteiger partial charge < -0.3 is 19.6 Å². The first-order valence-electron chi connectivity index (χ1n) is 10.7. The van der Waals surface area contributed by atoms with Gasteiger partial charge in [-0.25, -0.2) is 0 Å². The van der Waals surface area contributed by atoms with Crippen LogP contribution in [-0.2, 0) is 14.4 Å². The van der Waals surface area contributed by atoms with Crippen molar-refractivity contribution in [2.75, 3.05) is 24.7 Å². The highest BCUT2D eigenvalue weighted by Crippen LogP contribution is 2.40. The summed E-state index contributed by atoms with van der Waals surface area (Å²) >= 11 is 0. The standard InChI is InChI=1S/C23H30N2O5/c1-4-7-10-25-18-11-15(8-9-21(18)29-14-22(25)28)16-12-19(26)23(20(27)13-16)17(5-2)24-30-6-3/h8-9,11,16,26H,4-7,10,12-14H2,1-3H3. The molecule has 2 aliphatic rings. The second-order valence-corrected chi connectivity index (χ2v) is 7.57. The molecule has 7 heteroatoms. The van der Waals surface area contributed by atoms with Gasteiger partial charge in [-0.05, 0) is 43.4 Å². The Morgan fingerprint density at radius 1 is 1.27 bits per heavy atom. The molecule has 1 atom stereocenters. The van der Waals surface area contributed by atoms with E-state index >= 15 is 0 Å². The molecule has 0 radical (unpaired) electrons. The molecule has 1 N–H and O–H groups in total. The molecular formula is C23H30N2O5. The van der Waals surface area contributed by atoms with Crippen molar-refractivity contribution in [3.63, 3.8) is 0 Å². The van der Waals surface area contributed by atoms with Crippen LogP contribution in [0.2, 0.25) is 0 Å². The summed E-state index contributed by atoms with van der Waals surface area (Å²) in [6.45, 7) is 6.87. The smallest absolute Gasteiger partial charge is 0.265 e. The number of rotatable bonds is 8. The third-order valence-corrected chi connectivity index (χ3v) is 5.50. The Hall–Kier alpha value is -2.83. The molecule has 162 valence electrons. The van der Waals surface area contributed by atoms with Crippen LogP contribution in [0, 0.1) is 0 Å². The first-order chi connectivity index (χ1) is 14.5. The van der Waals surface area contributed by atoms with Gasteiger partial charge in [-0.1, -0.05) is 31.5 Å². The predicted octanol–water partition coefficient (Wildman–Crippen LogP) is 4.27. The van der Waals surface area contributed by atoms with Crippen molar-refractivity contribution in [3.05, 3.63) is 35.1 Å². The Balaban J connectivity index is 1.88. The van der Waals surface area contributed by atoms with Crippen molar-refractivity contribution < 1.29 is 24.3 Å². The molecule has 3 rings (SSSR count). The number of aliphatic hydroxyl groups is 1. The molecule has 0 saturated carbocycles. The van der Waals surface area contributed by atoms with Gasteiger partial charge in [0.05, 0.1) is 17.0 Å². The SMILES string of the molecule is CCCCN1C(=O)COc2ccc(C3CC(=O)C(C(CC)=NOCC)=C(O)C3)cc21. The molecule has 0 spiro atoms. The fourth-order valence-corrected chi connectivity index (χ4v) is 3.92. The van der Waals surface area contributed by atoms with Gasteiger partial charge in [0.25, 0.3) is 5.91 Å². The number of ether oxygens (including phenoxy) is 1. The molecule has 30 heavy (non-hydrogen) atoms. The summed E-state index contributed by atoms with van der Waals surface area (Å²) in [5.74, 6) is 0.356. The Morgan fingerprint density at radius 2 is 2.07 bits per heavy atom. The second-order valence-electron chi connectivity index (χ2n) is 7.57. The van der Waals surface area contributed by atoms with Crippen LogP contribution in [0.15, 0.2) is 34.7 Å². The summed E-state index contributed by atoms with van der Waals surface area (Å²) < 4.78 is 5.58. The summed E-state index contributed by atoms with van der Waals surface area (Å²) in [6.07, 6.45) is 3.01. The van der Waals surface area contributed by atoms with Gasteiger partial charge >= 0.3 is 0 Å². The lowest BCUT2D eigenvalue weighted by Crippen LogP contribution is -2.39. The van der Waals surface area contributed by atoms with E-state index in [0.717, 1.165) is 24.1 Å². The van der Waals surface area contributed by atoms with Gasteiger partial charge in [-0.2, -0.15) is 0 Å². The average Bonchev–Trinajstić information content (AvgIpc) is 2.74. The summed E-state index contributed by atoms with van der Waals surface area (Å²) in [7, 11) is 0. The minimum atomic E-state index is -0.165. The van der Waals surface area contributed by atoms with E-state index in [9.17, 15) is 14.7 Å². The number of hydrogen-bond acceptors (Lipinski definition) is 6. The number of hydrogen-bond donors (Lipinski definition) is 1. The number of allylic oxidation sites excluding steroid dienone is 2. The van der Waals surface area contributed by atoms with E-state index in [4.69, 9.17) is 9.57 Å². The van der Waals surface area contributed by atoms with Crippen molar-refractivity contribution in [1.29, 1.82) is 0 Å². The lowest BCUT2D eigenvalue weighted by atomic mass is 9.80. The van der Waals surface area contributed by atoms with E-state index in [1.807, 2.05) is 32.0 Å². The average molecular weight is 415 g/mol. The van der Waals surface area contributed by atoms with Gasteiger partial charge in [0.1, 0.15) is 18.1 Å². The number of fused-ring (bicyclic) bond motifs is 1. The molecule has 1 aliphatic heterocycles. The molecule has 1 aromatic rings. The van der Waals surface area contributed by atoms with Crippen molar-refractivity contribution in [1.82, 2.24) is 0 Å². The van der Waals surface area contributed by atoms with Gasteiger partial charge in [-0.15, -0.1) is 0 Å². The minimum absolute atomic E-state index is 0.0455. The van der Waals surface area contributed by atoms with Crippen LogP contribution in [0.4, 0.5) is 5.69 Å². The molecule has 1 aliphatic carbocycles. The number of amides is 1. The van der Waals surface area contributed by atoms with E-state index in [0.29, 0.717) is 37.5 Å². The fourth-order valence-electron chi connectivity index (χ4n) is 3.92. The monoisotopic (exact) mass is 414 g/mol. The first kappa shape index (κ1) is 21.9. The molecule has 1 heterocycles. The van der Waals surface area contributed by atoms with Gasteiger partial charge in [0.15, 0.2) is 12.4 Å². The van der Waals surface area contributed by atoms with Crippen molar-refractivity contribution in [3.8, 4) is 5.75 Å². The Morgan fingerprint density at radius 3 is 2.73 bits per heavy atom. The van der Waals surface area contributed by atoms with Crippen LogP contribution in [0.3, 0.4) is 0 Å². The Bertz CT molecular complexity index is 874. The molecule has 0 bridgehead atoms. The van der Waals surface area contributed by atoms with Crippen LogP contribution >= 0.6 is 0 Å². The van der Waals surface area contributed by atoms with Crippen LogP contribution in [0.25, 0.3) is 0 Å². The molecule has 0 saturated heterocycles. The zero-order valence-corrected chi connectivity index (χ0v) is 17.9. The zero-order chi connectivity index (χ0) is 21.7. The molecule has 7 nitrogen and oxygen atoms in total. The topological polar surface area (TPSA) is 88.4 Å². The maximum atomic E-state index is 12.9. The predicted molar refractivity (Wildman–Crippen MR) is 115 cm³/mol. The molecule has 0 aromatic heterocycles. The molecule has 1 aromatic carbocycles. The number of benzene rings is 1. The van der Waals surface area contributed by atoms with Crippen LogP contribution in [0.1, 0.15) is 64.4 Å². The third-order valence-electron chi connectivity index (χ3n) is 5.50. The number of Topliss-reactive ketones (excluding diaryl/α,β-unsaturated/α-hetero) is 1. The Labute approximate surface area is 177 Å². The van der Waals surface area contributed by atoms with Crippen LogP contribution in [0.5, 0.6) is 5.75 Å². The fraction of sp³-hybridized carbons (Fsp3) is 0.522. The number of unbranched alkanes of at least 4 members (excludes halogenated alkanes) is 1. The molecular weight excluding hydrogens is 384 g/mol. The second kappa shape index (κ2) is 9.78. The largest absolute Gasteiger partial charge is 0.511 e. The summed E-state index contributed by atoms with van der Waals surface area (Å²) in [4.78, 5) is 32.1. The Kier molecular flexibility index (Phi) is 7.13. The zero-order valence-electron chi connectivity index (χ0n) is 17.9. The molecule has 0 fully saturated rings. The lowest BCUT2D eigenvalue weighted by Gasteiger charge is -2.31. The first-order valence-corrected chi connectivity index (χ1v) is 10.7. The quantitative estimate of drug-likeness (QED) is 0.507. The van der Waals surface area contributed by atoms with E-state index in [1.54, 1.807) is 4.90 Å². The van der Waals surface area contributed by atoms with Gasteiger partial charge in [-0.3, -0.25) is 9.59 Å². The number of anilines is 1. The number of nitrogens with zero attached hydrogens (tertiary/aromatic N) is 2. The number of ketones is 1. The highest BCUT2D eigenvalue weighted by Gasteiger charge is 2.33. The van der Waals surface area contributed by atoms with E-state index < -0.39 is 0 Å².